The average Bonchev–Trinajstić information content (AvgIpc) is 2.53. The van der Waals surface area contributed by atoms with E-state index in [1.807, 2.05) is 24.3 Å². The monoisotopic (exact) mass is 283 g/mol. The number of rotatable bonds is 7. The minimum atomic E-state index is 0.192. The van der Waals surface area contributed by atoms with Gasteiger partial charge in [0.25, 0.3) is 0 Å². The van der Waals surface area contributed by atoms with Crippen LogP contribution in [0.15, 0.2) is 54.6 Å². The highest BCUT2D eigenvalue weighted by atomic mass is 16.5. The molecule has 2 heteroatoms. The molecule has 2 atom stereocenters. The molecule has 2 aromatic carbocycles. The summed E-state index contributed by atoms with van der Waals surface area (Å²) < 4.78 is 6.12. The summed E-state index contributed by atoms with van der Waals surface area (Å²) in [5, 5.41) is 3.56. The Labute approximate surface area is 128 Å². The molecule has 0 spiro atoms. The van der Waals surface area contributed by atoms with Crippen molar-refractivity contribution >= 4 is 0 Å². The van der Waals surface area contributed by atoms with Gasteiger partial charge in [-0.2, -0.15) is 0 Å². The van der Waals surface area contributed by atoms with Crippen molar-refractivity contribution in [3.63, 3.8) is 0 Å². The third-order valence-electron chi connectivity index (χ3n) is 3.79. The zero-order valence-electron chi connectivity index (χ0n) is 13.2. The molecular weight excluding hydrogens is 258 g/mol. The highest BCUT2D eigenvalue weighted by Crippen LogP contribution is 2.19. The van der Waals surface area contributed by atoms with Crippen LogP contribution in [0.2, 0.25) is 0 Å². The number of hydrogen-bond donors (Lipinski definition) is 1. The van der Waals surface area contributed by atoms with Crippen molar-refractivity contribution in [3.05, 3.63) is 65.7 Å². The molecule has 0 aliphatic heterocycles. The molecule has 2 nitrogen and oxygen atoms in total. The fourth-order valence-corrected chi connectivity index (χ4v) is 2.31. The molecule has 0 aromatic heterocycles. The van der Waals surface area contributed by atoms with Gasteiger partial charge in [0.1, 0.15) is 11.9 Å². The van der Waals surface area contributed by atoms with Crippen LogP contribution in [0.25, 0.3) is 0 Å². The van der Waals surface area contributed by atoms with Crippen molar-refractivity contribution in [2.24, 2.45) is 0 Å². The Balaban J connectivity index is 1.90. The second-order valence-electron chi connectivity index (χ2n) is 5.45. The molecular formula is C19H25NO. The second-order valence-corrected chi connectivity index (χ2v) is 5.45. The van der Waals surface area contributed by atoms with Crippen LogP contribution in [0.1, 0.15) is 37.4 Å². The van der Waals surface area contributed by atoms with E-state index < -0.39 is 0 Å². The second kappa shape index (κ2) is 7.84. The quantitative estimate of drug-likeness (QED) is 0.807. The average molecular weight is 283 g/mol. The third-order valence-corrected chi connectivity index (χ3v) is 3.79. The fraction of sp³-hybridized carbons (Fsp3) is 0.368. The normalized spacial score (nSPS) is 13.7. The summed E-state index contributed by atoms with van der Waals surface area (Å²) in [7, 11) is 0. The van der Waals surface area contributed by atoms with Crippen molar-refractivity contribution in [2.75, 3.05) is 6.54 Å². The van der Waals surface area contributed by atoms with Crippen LogP contribution in [0.4, 0.5) is 0 Å². The van der Waals surface area contributed by atoms with E-state index in [0.29, 0.717) is 6.04 Å². The van der Waals surface area contributed by atoms with Crippen molar-refractivity contribution in [1.82, 2.24) is 5.32 Å². The van der Waals surface area contributed by atoms with E-state index >= 15 is 0 Å². The number of benzene rings is 2. The van der Waals surface area contributed by atoms with Crippen LogP contribution in [-0.2, 0) is 0 Å². The predicted octanol–water partition coefficient (Wildman–Crippen LogP) is 4.50. The molecule has 112 valence electrons. The van der Waals surface area contributed by atoms with E-state index in [-0.39, 0.29) is 6.10 Å². The standard InChI is InChI=1S/C19H25NO/c1-4-18(21-19-13-9-8-10-15(19)2)14-20-16(3)17-11-6-5-7-12-17/h5-13,16,18,20H,4,14H2,1-3H3. The number of ether oxygens (including phenoxy) is 1. The molecule has 2 aromatic rings. The van der Waals surface area contributed by atoms with Gasteiger partial charge in [-0.1, -0.05) is 55.5 Å². The minimum Gasteiger partial charge on any atom is -0.489 e. The van der Waals surface area contributed by atoms with Crippen LogP contribution >= 0.6 is 0 Å². The number of nitrogens with one attached hydrogen (secondary N) is 1. The van der Waals surface area contributed by atoms with Crippen LogP contribution in [-0.4, -0.2) is 12.6 Å². The Bertz CT molecular complexity index is 538. The van der Waals surface area contributed by atoms with Gasteiger partial charge in [-0.25, -0.2) is 0 Å². The highest BCUT2D eigenvalue weighted by molar-refractivity contribution is 5.32. The topological polar surface area (TPSA) is 21.3 Å². The first kappa shape index (κ1) is 15.6. The maximum absolute atomic E-state index is 6.12. The molecule has 0 aliphatic rings. The predicted molar refractivity (Wildman–Crippen MR) is 88.7 cm³/mol. The first-order valence-electron chi connectivity index (χ1n) is 7.71. The maximum atomic E-state index is 6.12. The summed E-state index contributed by atoms with van der Waals surface area (Å²) in [6, 6.07) is 19.0. The van der Waals surface area contributed by atoms with Crippen molar-refractivity contribution < 1.29 is 4.74 Å². The molecule has 0 saturated carbocycles. The van der Waals surface area contributed by atoms with Gasteiger partial charge in [-0.15, -0.1) is 0 Å². The van der Waals surface area contributed by atoms with Gasteiger partial charge < -0.3 is 10.1 Å². The largest absolute Gasteiger partial charge is 0.489 e. The molecule has 1 N–H and O–H groups in total. The lowest BCUT2D eigenvalue weighted by atomic mass is 10.1. The summed E-state index contributed by atoms with van der Waals surface area (Å²) in [4.78, 5) is 0. The number of para-hydroxylation sites is 1. The molecule has 0 heterocycles. The highest BCUT2D eigenvalue weighted by Gasteiger charge is 2.12. The smallest absolute Gasteiger partial charge is 0.122 e. The van der Waals surface area contributed by atoms with Crippen LogP contribution in [0.5, 0.6) is 5.75 Å². The van der Waals surface area contributed by atoms with E-state index in [2.05, 4.69) is 56.4 Å². The van der Waals surface area contributed by atoms with Gasteiger partial charge in [0.05, 0.1) is 0 Å². The van der Waals surface area contributed by atoms with E-state index in [0.717, 1.165) is 18.7 Å². The zero-order valence-corrected chi connectivity index (χ0v) is 13.2. The summed E-state index contributed by atoms with van der Waals surface area (Å²) in [5.74, 6) is 0.985. The Morgan fingerprint density at radius 3 is 2.33 bits per heavy atom. The van der Waals surface area contributed by atoms with Crippen LogP contribution in [0.3, 0.4) is 0 Å². The number of hydrogen-bond acceptors (Lipinski definition) is 2. The Morgan fingerprint density at radius 2 is 1.67 bits per heavy atom. The van der Waals surface area contributed by atoms with Gasteiger partial charge in [-0.3, -0.25) is 0 Å². The first-order valence-corrected chi connectivity index (χ1v) is 7.71. The molecule has 2 rings (SSSR count). The summed E-state index contributed by atoms with van der Waals surface area (Å²) in [6.45, 7) is 7.29. The van der Waals surface area contributed by atoms with Crippen molar-refractivity contribution in [2.45, 2.75) is 39.3 Å². The Kier molecular flexibility index (Phi) is 5.82. The molecule has 0 saturated heterocycles. The van der Waals surface area contributed by atoms with E-state index in [1.54, 1.807) is 0 Å². The first-order chi connectivity index (χ1) is 10.2. The van der Waals surface area contributed by atoms with Gasteiger partial charge in [-0.05, 0) is 37.5 Å². The van der Waals surface area contributed by atoms with Crippen LogP contribution in [0, 0.1) is 6.92 Å². The summed E-state index contributed by atoms with van der Waals surface area (Å²) >= 11 is 0. The molecule has 0 radical (unpaired) electrons. The van der Waals surface area contributed by atoms with Gasteiger partial charge in [0, 0.05) is 12.6 Å². The van der Waals surface area contributed by atoms with Crippen LogP contribution < -0.4 is 10.1 Å². The summed E-state index contributed by atoms with van der Waals surface area (Å²) in [6.07, 6.45) is 1.18. The van der Waals surface area contributed by atoms with Gasteiger partial charge >= 0.3 is 0 Å². The lowest BCUT2D eigenvalue weighted by Gasteiger charge is -2.22. The maximum Gasteiger partial charge on any atom is 0.122 e. The molecule has 21 heavy (non-hydrogen) atoms. The molecule has 2 unspecified atom stereocenters. The Hall–Kier alpha value is -1.80. The van der Waals surface area contributed by atoms with Crippen molar-refractivity contribution in [1.29, 1.82) is 0 Å². The van der Waals surface area contributed by atoms with Gasteiger partial charge in [0.15, 0.2) is 0 Å². The summed E-state index contributed by atoms with van der Waals surface area (Å²) in [5.41, 5.74) is 2.50. The SMILES string of the molecule is CCC(CNC(C)c1ccccc1)Oc1ccccc1C. The van der Waals surface area contributed by atoms with Gasteiger partial charge in [0.2, 0.25) is 0 Å². The zero-order chi connectivity index (χ0) is 15.1. The molecule has 0 amide bonds. The van der Waals surface area contributed by atoms with E-state index in [1.165, 1.54) is 11.1 Å². The lowest BCUT2D eigenvalue weighted by molar-refractivity contribution is 0.188. The van der Waals surface area contributed by atoms with Crippen molar-refractivity contribution in [3.8, 4) is 5.75 Å². The van der Waals surface area contributed by atoms with E-state index in [9.17, 15) is 0 Å². The minimum absolute atomic E-state index is 0.192. The molecule has 0 aliphatic carbocycles. The number of aryl methyl sites for hydroxylation is 1. The van der Waals surface area contributed by atoms with E-state index in [4.69, 9.17) is 4.74 Å². The Morgan fingerprint density at radius 1 is 1.00 bits per heavy atom. The fourth-order valence-electron chi connectivity index (χ4n) is 2.31. The molecule has 0 fully saturated rings. The third kappa shape index (κ3) is 4.61. The lowest BCUT2D eigenvalue weighted by Crippen LogP contribution is -2.32. The molecule has 0 bridgehead atoms.